The molecule has 0 saturated carbocycles. The second-order valence-electron chi connectivity index (χ2n) is 5.49. The second kappa shape index (κ2) is 6.57. The Labute approximate surface area is 122 Å². The maximum absolute atomic E-state index is 12.0. The molecule has 1 aromatic heterocycles. The van der Waals surface area contributed by atoms with Gasteiger partial charge in [0, 0.05) is 24.9 Å². The number of carbonyl (C=O) groups is 2. The van der Waals surface area contributed by atoms with Gasteiger partial charge in [-0.3, -0.25) is 0 Å². The first-order valence-electron chi connectivity index (χ1n) is 6.85. The molecule has 0 aliphatic carbocycles. The summed E-state index contributed by atoms with van der Waals surface area (Å²) in [5, 5.41) is 14.5. The number of H-pyrrole nitrogens is 1. The third-order valence-corrected chi connectivity index (χ3v) is 3.44. The van der Waals surface area contributed by atoms with E-state index in [2.05, 4.69) is 20.6 Å². The average molecular weight is 296 g/mol. The number of nitrogens with zero attached hydrogens (tertiary/aromatic N) is 1. The number of aliphatic carboxylic acids is 1. The third-order valence-electron chi connectivity index (χ3n) is 3.44. The van der Waals surface area contributed by atoms with Crippen LogP contribution < -0.4 is 10.6 Å². The summed E-state index contributed by atoms with van der Waals surface area (Å²) in [4.78, 5) is 29.9. The van der Waals surface area contributed by atoms with E-state index in [-0.39, 0.29) is 6.42 Å². The van der Waals surface area contributed by atoms with Crippen LogP contribution in [0.2, 0.25) is 0 Å². The lowest BCUT2D eigenvalue weighted by Crippen LogP contribution is -2.57. The zero-order valence-corrected chi connectivity index (χ0v) is 11.9. The van der Waals surface area contributed by atoms with E-state index < -0.39 is 23.6 Å². The molecule has 0 aromatic carbocycles. The number of aromatic amines is 1. The summed E-state index contributed by atoms with van der Waals surface area (Å²) in [6.45, 7) is 3.01. The van der Waals surface area contributed by atoms with Crippen LogP contribution in [-0.2, 0) is 16.0 Å². The number of carboxylic acid groups (broad SMARTS) is 1. The van der Waals surface area contributed by atoms with Crippen molar-refractivity contribution in [1.29, 1.82) is 0 Å². The molecule has 8 nitrogen and oxygen atoms in total. The molecule has 8 heteroatoms. The van der Waals surface area contributed by atoms with Crippen molar-refractivity contribution in [3.05, 3.63) is 18.2 Å². The summed E-state index contributed by atoms with van der Waals surface area (Å²) in [5.41, 5.74) is 0.189. The van der Waals surface area contributed by atoms with Gasteiger partial charge in [0.05, 0.1) is 18.5 Å². The smallest absolute Gasteiger partial charge is 0.326 e. The monoisotopic (exact) mass is 296 g/mol. The summed E-state index contributed by atoms with van der Waals surface area (Å²) < 4.78 is 5.35. The summed E-state index contributed by atoms with van der Waals surface area (Å²) in [6, 6.07) is -1.52. The van der Waals surface area contributed by atoms with Gasteiger partial charge < -0.3 is 25.5 Å². The van der Waals surface area contributed by atoms with E-state index in [1.165, 1.54) is 12.5 Å². The summed E-state index contributed by atoms with van der Waals surface area (Å²) in [6.07, 6.45) is 4.82. The van der Waals surface area contributed by atoms with Gasteiger partial charge in [-0.2, -0.15) is 0 Å². The maximum atomic E-state index is 12.0. The normalized spacial score (nSPS) is 23.3. The van der Waals surface area contributed by atoms with E-state index in [4.69, 9.17) is 4.74 Å². The molecule has 1 aliphatic rings. The number of carbonyl (C=O) groups excluding carboxylic acids is 1. The number of hydrogen-bond donors (Lipinski definition) is 4. The zero-order chi connectivity index (χ0) is 15.3. The second-order valence-corrected chi connectivity index (χ2v) is 5.49. The molecule has 21 heavy (non-hydrogen) atoms. The Morgan fingerprint density at radius 2 is 2.43 bits per heavy atom. The van der Waals surface area contributed by atoms with Crippen LogP contribution in [0.25, 0.3) is 0 Å². The lowest BCUT2D eigenvalue weighted by molar-refractivity contribution is -0.139. The molecule has 1 fully saturated rings. The number of ether oxygens (including phenoxy) is 1. The van der Waals surface area contributed by atoms with Gasteiger partial charge in [-0.1, -0.05) is 0 Å². The molecule has 0 spiro atoms. The van der Waals surface area contributed by atoms with Crippen LogP contribution >= 0.6 is 0 Å². The number of imidazole rings is 1. The van der Waals surface area contributed by atoms with Crippen LogP contribution in [0.1, 0.15) is 25.5 Å². The molecule has 2 atom stereocenters. The minimum Gasteiger partial charge on any atom is -0.480 e. The minimum absolute atomic E-state index is 0.149. The van der Waals surface area contributed by atoms with Gasteiger partial charge in [-0.05, 0) is 19.8 Å². The topological polar surface area (TPSA) is 116 Å². The molecule has 1 unspecified atom stereocenters. The van der Waals surface area contributed by atoms with Crippen molar-refractivity contribution in [2.75, 3.05) is 13.2 Å². The highest BCUT2D eigenvalue weighted by atomic mass is 16.5. The van der Waals surface area contributed by atoms with Crippen LogP contribution in [0.3, 0.4) is 0 Å². The summed E-state index contributed by atoms with van der Waals surface area (Å²) >= 11 is 0. The molecule has 0 bridgehead atoms. The average Bonchev–Trinajstić information content (AvgIpc) is 2.91. The first kappa shape index (κ1) is 15.3. The molecule has 2 rings (SSSR count). The Bertz CT molecular complexity index is 482. The Hall–Kier alpha value is -2.09. The lowest BCUT2D eigenvalue weighted by atomic mass is 9.95. The minimum atomic E-state index is -1.09. The quantitative estimate of drug-likeness (QED) is 0.622. The first-order valence-corrected chi connectivity index (χ1v) is 6.85. The van der Waals surface area contributed by atoms with Gasteiger partial charge in [-0.15, -0.1) is 0 Å². The molecule has 4 N–H and O–H groups in total. The fourth-order valence-electron chi connectivity index (χ4n) is 2.32. The Morgan fingerprint density at radius 1 is 1.62 bits per heavy atom. The number of carboxylic acids is 1. The third kappa shape index (κ3) is 4.45. The molecule has 1 aromatic rings. The van der Waals surface area contributed by atoms with Gasteiger partial charge in [-0.25, -0.2) is 14.6 Å². The largest absolute Gasteiger partial charge is 0.480 e. The lowest BCUT2D eigenvalue weighted by Gasteiger charge is -2.34. The Morgan fingerprint density at radius 3 is 3.00 bits per heavy atom. The SMILES string of the molecule is CC1(NC(=O)N[C@@H](Cc2cnc[nH]2)C(=O)O)CCCOC1. The van der Waals surface area contributed by atoms with Crippen LogP contribution in [0, 0.1) is 0 Å². The van der Waals surface area contributed by atoms with E-state index in [1.54, 1.807) is 0 Å². The van der Waals surface area contributed by atoms with E-state index in [1.807, 2.05) is 6.92 Å². The van der Waals surface area contributed by atoms with Crippen molar-refractivity contribution in [3.63, 3.8) is 0 Å². The molecule has 2 heterocycles. The van der Waals surface area contributed by atoms with Crippen molar-refractivity contribution in [2.45, 2.75) is 37.8 Å². The number of nitrogens with one attached hydrogen (secondary N) is 3. The Kier molecular flexibility index (Phi) is 4.79. The van der Waals surface area contributed by atoms with E-state index in [0.29, 0.717) is 18.9 Å². The van der Waals surface area contributed by atoms with Crippen LogP contribution in [0.4, 0.5) is 4.79 Å². The van der Waals surface area contributed by atoms with Crippen molar-refractivity contribution in [3.8, 4) is 0 Å². The number of aromatic nitrogens is 2. The van der Waals surface area contributed by atoms with Crippen LogP contribution in [0.5, 0.6) is 0 Å². The van der Waals surface area contributed by atoms with Crippen molar-refractivity contribution in [1.82, 2.24) is 20.6 Å². The van der Waals surface area contributed by atoms with Gasteiger partial charge in [0.1, 0.15) is 6.04 Å². The fourth-order valence-corrected chi connectivity index (χ4v) is 2.32. The number of rotatable bonds is 5. The summed E-state index contributed by atoms with van der Waals surface area (Å²) in [7, 11) is 0. The molecule has 1 saturated heterocycles. The molecular formula is C13H20N4O4. The molecule has 0 radical (unpaired) electrons. The van der Waals surface area contributed by atoms with Gasteiger partial charge in [0.2, 0.25) is 0 Å². The van der Waals surface area contributed by atoms with Crippen molar-refractivity contribution >= 4 is 12.0 Å². The number of amides is 2. The predicted octanol–water partition coefficient (Wildman–Crippen LogP) is 0.274. The van der Waals surface area contributed by atoms with Crippen molar-refractivity contribution < 1.29 is 19.4 Å². The highest BCUT2D eigenvalue weighted by Gasteiger charge is 2.30. The van der Waals surface area contributed by atoms with Crippen molar-refractivity contribution in [2.24, 2.45) is 0 Å². The highest BCUT2D eigenvalue weighted by Crippen LogP contribution is 2.18. The zero-order valence-electron chi connectivity index (χ0n) is 11.9. The molecule has 116 valence electrons. The number of urea groups is 1. The van der Waals surface area contributed by atoms with E-state index >= 15 is 0 Å². The van der Waals surface area contributed by atoms with Gasteiger partial charge in [0.25, 0.3) is 0 Å². The van der Waals surface area contributed by atoms with Gasteiger partial charge >= 0.3 is 12.0 Å². The van der Waals surface area contributed by atoms with Crippen LogP contribution in [-0.4, -0.2) is 51.9 Å². The molecular weight excluding hydrogens is 276 g/mol. The fraction of sp³-hybridized carbons (Fsp3) is 0.615. The molecule has 2 amide bonds. The van der Waals surface area contributed by atoms with E-state index in [9.17, 15) is 14.7 Å². The summed E-state index contributed by atoms with van der Waals surface area (Å²) in [5.74, 6) is -1.09. The maximum Gasteiger partial charge on any atom is 0.326 e. The first-order chi connectivity index (χ1) is 9.98. The molecule has 1 aliphatic heterocycles. The predicted molar refractivity (Wildman–Crippen MR) is 73.8 cm³/mol. The number of hydrogen-bond acceptors (Lipinski definition) is 4. The standard InChI is InChI=1S/C13H20N4O4/c1-13(3-2-4-21-7-13)17-12(20)16-10(11(18)19)5-9-6-14-8-15-9/h6,8,10H,2-5,7H2,1H3,(H,14,15)(H,18,19)(H2,16,17,20)/t10-,13?/m0/s1. The van der Waals surface area contributed by atoms with Crippen LogP contribution in [0.15, 0.2) is 12.5 Å². The van der Waals surface area contributed by atoms with E-state index in [0.717, 1.165) is 12.8 Å². The Balaban J connectivity index is 1.90. The highest BCUT2D eigenvalue weighted by molar-refractivity contribution is 5.83. The van der Waals surface area contributed by atoms with Gasteiger partial charge in [0.15, 0.2) is 0 Å².